The number of primary sulfonamides is 1. The summed E-state index contributed by atoms with van der Waals surface area (Å²) in [6.45, 7) is 5.32. The second kappa shape index (κ2) is 14.2. The third-order valence-corrected chi connectivity index (χ3v) is 12.1. The van der Waals surface area contributed by atoms with Crippen molar-refractivity contribution in [3.63, 3.8) is 0 Å². The van der Waals surface area contributed by atoms with Crippen LogP contribution in [0.5, 0.6) is 5.75 Å². The standard InChI is InChI=1S/C35H46ClFN4O5S/c1-23(24(2)47(38,44)45)9-13-30(37)33(34(43)39(3)4)41-16-6-8-28(41)19-40-21-35(15-5-7-26-18-27(36)11-12-29(26)35)22-46-32-14-10-25(20-42)17-31(32)40/h10-14,17-18,20,23-24,28,33H,5-9,15-16,19,21-22H2,1-4H3,(H2,38,44,45)/b30-13-/t23-,24+,28-,33+,35-/m0/s1. The molecule has 2 aliphatic heterocycles. The molecule has 256 valence electrons. The van der Waals surface area contributed by atoms with E-state index in [4.69, 9.17) is 21.5 Å². The Balaban J connectivity index is 1.49. The molecule has 1 spiro atoms. The molecule has 3 aliphatic rings. The lowest BCUT2D eigenvalue weighted by atomic mass is 9.70. The molecule has 12 heteroatoms. The number of hydrogen-bond acceptors (Lipinski definition) is 7. The maximum absolute atomic E-state index is 16.2. The van der Waals surface area contributed by atoms with Crippen LogP contribution in [0.15, 0.2) is 48.3 Å². The number of amides is 1. The molecule has 9 nitrogen and oxygen atoms in total. The number of sulfonamides is 1. The number of hydrogen-bond donors (Lipinski definition) is 1. The lowest BCUT2D eigenvalue weighted by molar-refractivity contribution is -0.134. The van der Waals surface area contributed by atoms with Gasteiger partial charge in [0.1, 0.15) is 23.9 Å². The summed E-state index contributed by atoms with van der Waals surface area (Å²) in [4.78, 5) is 31.1. The number of halogens is 2. The number of benzene rings is 2. The SMILES string of the molecule is C[C@H]([C@@H](C)C/C=C(\F)[C@H](C(=O)N(C)C)N1CCC[C@H]1CN1C[C@@]2(CCCc3cc(Cl)ccc32)COc2ccc(C=O)cc21)S(N)(=O)=O. The molecule has 2 aromatic rings. The van der Waals surface area contributed by atoms with Crippen LogP contribution in [-0.4, -0.2) is 88.1 Å². The molecule has 1 saturated heterocycles. The number of anilines is 1. The highest BCUT2D eigenvalue weighted by molar-refractivity contribution is 7.89. The largest absolute Gasteiger partial charge is 0.490 e. The van der Waals surface area contributed by atoms with Gasteiger partial charge in [0.25, 0.3) is 0 Å². The Morgan fingerprint density at radius 3 is 2.68 bits per heavy atom. The summed E-state index contributed by atoms with van der Waals surface area (Å²) in [6, 6.07) is 10.2. The molecular formula is C35H46ClFN4O5S. The van der Waals surface area contributed by atoms with E-state index in [1.807, 2.05) is 29.2 Å². The third-order valence-electron chi connectivity index (χ3n) is 10.3. The van der Waals surface area contributed by atoms with Crippen molar-refractivity contribution in [3.05, 3.63) is 70.0 Å². The number of aryl methyl sites for hydroxylation is 1. The van der Waals surface area contributed by atoms with Gasteiger partial charge in [0.2, 0.25) is 15.9 Å². The Morgan fingerprint density at radius 1 is 1.21 bits per heavy atom. The van der Waals surface area contributed by atoms with Gasteiger partial charge in [-0.2, -0.15) is 0 Å². The van der Waals surface area contributed by atoms with Gasteiger partial charge in [-0.1, -0.05) is 30.7 Å². The first-order chi connectivity index (χ1) is 22.2. The van der Waals surface area contributed by atoms with Crippen molar-refractivity contribution in [2.24, 2.45) is 11.1 Å². The molecule has 2 aromatic carbocycles. The number of likely N-dealkylation sites (N-methyl/N-ethyl adjacent to an activating group) is 1. The average molecular weight is 689 g/mol. The highest BCUT2D eigenvalue weighted by atomic mass is 35.5. The predicted octanol–water partition coefficient (Wildman–Crippen LogP) is 5.10. The Hall–Kier alpha value is -2.99. The van der Waals surface area contributed by atoms with Gasteiger partial charge in [-0.3, -0.25) is 14.5 Å². The summed E-state index contributed by atoms with van der Waals surface area (Å²) in [5, 5.41) is 5.18. The molecule has 1 amide bonds. The number of carbonyl (C=O) groups is 2. The monoisotopic (exact) mass is 688 g/mol. The van der Waals surface area contributed by atoms with E-state index in [0.29, 0.717) is 42.6 Å². The number of rotatable bonds is 10. The zero-order valence-electron chi connectivity index (χ0n) is 27.6. The fraction of sp³-hybridized carbons (Fsp3) is 0.543. The number of ether oxygens (including phenoxy) is 1. The molecule has 0 radical (unpaired) electrons. The normalized spacial score (nSPS) is 23.7. The van der Waals surface area contributed by atoms with Gasteiger partial charge >= 0.3 is 0 Å². The Labute approximate surface area is 282 Å². The topological polar surface area (TPSA) is 113 Å². The molecule has 1 fully saturated rings. The number of nitrogens with zero attached hydrogens (tertiary/aromatic N) is 3. The average Bonchev–Trinajstić information content (AvgIpc) is 3.42. The van der Waals surface area contributed by atoms with Crippen LogP contribution in [0.1, 0.15) is 67.4 Å². The summed E-state index contributed by atoms with van der Waals surface area (Å²) < 4.78 is 46.5. The van der Waals surface area contributed by atoms with E-state index in [9.17, 15) is 18.0 Å². The summed E-state index contributed by atoms with van der Waals surface area (Å²) in [7, 11) is -0.567. The molecule has 2 heterocycles. The molecule has 0 bridgehead atoms. The van der Waals surface area contributed by atoms with E-state index in [-0.39, 0.29) is 23.8 Å². The minimum atomic E-state index is -3.79. The van der Waals surface area contributed by atoms with Gasteiger partial charge in [-0.25, -0.2) is 17.9 Å². The zero-order chi connectivity index (χ0) is 34.1. The van der Waals surface area contributed by atoms with Crippen LogP contribution in [0.2, 0.25) is 5.02 Å². The molecule has 0 aromatic heterocycles. The number of aldehydes is 1. The van der Waals surface area contributed by atoms with E-state index in [2.05, 4.69) is 11.0 Å². The van der Waals surface area contributed by atoms with Gasteiger partial charge in [0.15, 0.2) is 0 Å². The number of carbonyl (C=O) groups excluding carboxylic acids is 2. The number of allylic oxidation sites excluding steroid dienone is 1. The molecule has 47 heavy (non-hydrogen) atoms. The fourth-order valence-electron chi connectivity index (χ4n) is 7.44. The first-order valence-electron chi connectivity index (χ1n) is 16.3. The van der Waals surface area contributed by atoms with E-state index >= 15 is 4.39 Å². The van der Waals surface area contributed by atoms with Crippen molar-refractivity contribution in [2.75, 3.05) is 45.2 Å². The summed E-state index contributed by atoms with van der Waals surface area (Å²) >= 11 is 6.40. The fourth-order valence-corrected chi connectivity index (χ4v) is 8.39. The highest BCUT2D eigenvalue weighted by Crippen LogP contribution is 2.45. The zero-order valence-corrected chi connectivity index (χ0v) is 29.2. The lowest BCUT2D eigenvalue weighted by Crippen LogP contribution is -2.53. The lowest BCUT2D eigenvalue weighted by Gasteiger charge is -2.42. The summed E-state index contributed by atoms with van der Waals surface area (Å²) in [5.41, 5.74) is 3.43. The Bertz CT molecular complexity index is 1640. The summed E-state index contributed by atoms with van der Waals surface area (Å²) in [6.07, 6.45) is 6.65. The van der Waals surface area contributed by atoms with E-state index in [1.54, 1.807) is 27.1 Å². The van der Waals surface area contributed by atoms with Gasteiger partial charge in [-0.05, 0) is 99.4 Å². The highest BCUT2D eigenvalue weighted by Gasteiger charge is 2.44. The molecule has 0 unspecified atom stereocenters. The van der Waals surface area contributed by atoms with Crippen molar-refractivity contribution in [2.45, 2.75) is 75.1 Å². The molecule has 1 aliphatic carbocycles. The predicted molar refractivity (Wildman–Crippen MR) is 183 cm³/mol. The Kier molecular flexibility index (Phi) is 10.7. The maximum Gasteiger partial charge on any atom is 0.246 e. The van der Waals surface area contributed by atoms with Crippen molar-refractivity contribution in [3.8, 4) is 5.75 Å². The van der Waals surface area contributed by atoms with Crippen LogP contribution >= 0.6 is 11.6 Å². The second-order valence-electron chi connectivity index (χ2n) is 13.7. The van der Waals surface area contributed by atoms with Crippen LogP contribution in [0, 0.1) is 5.92 Å². The molecule has 2 N–H and O–H groups in total. The van der Waals surface area contributed by atoms with E-state index < -0.39 is 33.1 Å². The number of likely N-dealkylation sites (tertiary alicyclic amines) is 1. The van der Waals surface area contributed by atoms with Crippen LogP contribution in [-0.2, 0) is 26.7 Å². The molecule has 0 saturated carbocycles. The van der Waals surface area contributed by atoms with Gasteiger partial charge in [-0.15, -0.1) is 0 Å². The van der Waals surface area contributed by atoms with Crippen molar-refractivity contribution < 1.29 is 27.1 Å². The van der Waals surface area contributed by atoms with E-state index in [0.717, 1.165) is 44.1 Å². The minimum absolute atomic E-state index is 0.121. The third kappa shape index (κ3) is 7.53. The first-order valence-corrected chi connectivity index (χ1v) is 18.3. The minimum Gasteiger partial charge on any atom is -0.490 e. The van der Waals surface area contributed by atoms with Gasteiger partial charge in [0.05, 0.1) is 17.5 Å². The van der Waals surface area contributed by atoms with Crippen LogP contribution in [0.4, 0.5) is 10.1 Å². The number of fused-ring (bicyclic) bond motifs is 3. The van der Waals surface area contributed by atoms with Crippen LogP contribution < -0.4 is 14.8 Å². The Morgan fingerprint density at radius 2 is 1.98 bits per heavy atom. The quantitative estimate of drug-likeness (QED) is 0.346. The van der Waals surface area contributed by atoms with Crippen molar-refractivity contribution in [1.29, 1.82) is 0 Å². The smallest absolute Gasteiger partial charge is 0.246 e. The van der Waals surface area contributed by atoms with Crippen LogP contribution in [0.25, 0.3) is 0 Å². The second-order valence-corrected chi connectivity index (χ2v) is 16.1. The van der Waals surface area contributed by atoms with Crippen molar-refractivity contribution in [1.82, 2.24) is 9.80 Å². The summed E-state index contributed by atoms with van der Waals surface area (Å²) in [5.74, 6) is -0.731. The van der Waals surface area contributed by atoms with E-state index in [1.165, 1.54) is 29.0 Å². The van der Waals surface area contributed by atoms with Gasteiger partial charge < -0.3 is 14.5 Å². The van der Waals surface area contributed by atoms with Crippen molar-refractivity contribution >= 4 is 39.5 Å². The number of nitrogens with two attached hydrogens (primary N) is 1. The van der Waals surface area contributed by atoms with Gasteiger partial charge in [0, 0.05) is 49.2 Å². The molecule has 5 atom stereocenters. The molecule has 5 rings (SSSR count). The first kappa shape index (κ1) is 35.3. The van der Waals surface area contributed by atoms with Crippen LogP contribution in [0.3, 0.4) is 0 Å². The maximum atomic E-state index is 16.2. The molecular weight excluding hydrogens is 643 g/mol.